The molecule has 0 heterocycles. The van der Waals surface area contributed by atoms with Crippen molar-refractivity contribution in [2.24, 2.45) is 11.3 Å². The molecule has 4 nitrogen and oxygen atoms in total. The van der Waals surface area contributed by atoms with Crippen LogP contribution in [0.2, 0.25) is 0 Å². The SMILES string of the molecule is CC(C)CCCOCCOCCOCCC(F)CCC(=O)C(C)(C)C. The molecule has 0 amide bonds. The second-order valence-corrected chi connectivity index (χ2v) is 7.97. The van der Waals surface area contributed by atoms with E-state index in [9.17, 15) is 9.18 Å². The van der Waals surface area contributed by atoms with Crippen LogP contribution >= 0.6 is 0 Å². The van der Waals surface area contributed by atoms with Crippen molar-refractivity contribution in [2.45, 2.75) is 72.9 Å². The summed E-state index contributed by atoms with van der Waals surface area (Å²) in [6, 6.07) is 0. The molecule has 0 bridgehead atoms. The van der Waals surface area contributed by atoms with Gasteiger partial charge in [0.15, 0.2) is 0 Å². The lowest BCUT2D eigenvalue weighted by Crippen LogP contribution is -2.21. The van der Waals surface area contributed by atoms with E-state index in [2.05, 4.69) is 13.8 Å². The molecule has 0 radical (unpaired) electrons. The zero-order chi connectivity index (χ0) is 19.1. The zero-order valence-corrected chi connectivity index (χ0v) is 16.9. The molecule has 150 valence electrons. The second kappa shape index (κ2) is 14.6. The summed E-state index contributed by atoms with van der Waals surface area (Å²) in [7, 11) is 0. The highest BCUT2D eigenvalue weighted by molar-refractivity contribution is 5.83. The molecule has 0 saturated carbocycles. The van der Waals surface area contributed by atoms with E-state index < -0.39 is 6.17 Å². The molecule has 0 N–H and O–H groups in total. The van der Waals surface area contributed by atoms with Crippen LogP contribution in [0.1, 0.15) is 66.7 Å². The van der Waals surface area contributed by atoms with Gasteiger partial charge in [-0.2, -0.15) is 0 Å². The maximum atomic E-state index is 13.7. The van der Waals surface area contributed by atoms with Crippen molar-refractivity contribution < 1.29 is 23.4 Å². The van der Waals surface area contributed by atoms with E-state index in [1.54, 1.807) is 0 Å². The molecule has 1 atom stereocenters. The number of rotatable bonds is 16. The van der Waals surface area contributed by atoms with Crippen LogP contribution in [0.5, 0.6) is 0 Å². The van der Waals surface area contributed by atoms with Gasteiger partial charge in [-0.05, 0) is 25.2 Å². The van der Waals surface area contributed by atoms with E-state index >= 15 is 0 Å². The van der Waals surface area contributed by atoms with Crippen LogP contribution in [0.4, 0.5) is 4.39 Å². The molecule has 0 fully saturated rings. The number of carbonyl (C=O) groups is 1. The fourth-order valence-electron chi connectivity index (χ4n) is 2.15. The van der Waals surface area contributed by atoms with Crippen molar-refractivity contribution in [3.63, 3.8) is 0 Å². The van der Waals surface area contributed by atoms with Gasteiger partial charge in [0.1, 0.15) is 12.0 Å². The molecule has 0 aromatic rings. The van der Waals surface area contributed by atoms with Crippen LogP contribution in [-0.4, -0.2) is 51.6 Å². The van der Waals surface area contributed by atoms with Gasteiger partial charge in [0, 0.05) is 31.5 Å². The minimum atomic E-state index is -0.980. The first kappa shape index (κ1) is 24.5. The van der Waals surface area contributed by atoms with Gasteiger partial charge in [0.05, 0.1) is 26.4 Å². The summed E-state index contributed by atoms with van der Waals surface area (Å²) in [5.41, 5.74) is -0.383. The Morgan fingerprint density at radius 1 is 0.840 bits per heavy atom. The number of alkyl halides is 1. The number of halogens is 1. The standard InChI is InChI=1S/C20H39FO4/c1-17(2)7-6-11-23-13-15-25-16-14-24-12-10-18(21)8-9-19(22)20(3,4)5/h17-18H,6-16H2,1-5H3. The number of carbonyl (C=O) groups excluding carboxylic acids is 1. The number of Topliss-reactive ketones (excluding diaryl/α,β-unsaturated/α-hetero) is 1. The molecule has 0 saturated heterocycles. The van der Waals surface area contributed by atoms with Crippen LogP contribution < -0.4 is 0 Å². The lowest BCUT2D eigenvalue weighted by atomic mass is 9.87. The van der Waals surface area contributed by atoms with Crippen LogP contribution in [0, 0.1) is 11.3 Å². The maximum Gasteiger partial charge on any atom is 0.138 e. The van der Waals surface area contributed by atoms with Gasteiger partial charge in [-0.1, -0.05) is 34.6 Å². The molecule has 0 aliphatic carbocycles. The van der Waals surface area contributed by atoms with Gasteiger partial charge < -0.3 is 14.2 Å². The minimum Gasteiger partial charge on any atom is -0.379 e. The van der Waals surface area contributed by atoms with Crippen LogP contribution in [0.3, 0.4) is 0 Å². The van der Waals surface area contributed by atoms with Gasteiger partial charge in [-0.15, -0.1) is 0 Å². The van der Waals surface area contributed by atoms with E-state index in [0.717, 1.165) is 18.9 Å². The lowest BCUT2D eigenvalue weighted by Gasteiger charge is -2.17. The Hall–Kier alpha value is -0.520. The number of ketones is 1. The summed E-state index contributed by atoms with van der Waals surface area (Å²) < 4.78 is 29.9. The molecule has 25 heavy (non-hydrogen) atoms. The summed E-state index contributed by atoms with van der Waals surface area (Å²) in [5, 5.41) is 0. The highest BCUT2D eigenvalue weighted by Crippen LogP contribution is 2.19. The van der Waals surface area contributed by atoms with Crippen molar-refractivity contribution in [3.8, 4) is 0 Å². The average molecular weight is 363 g/mol. The molecule has 0 aromatic carbocycles. The molecule has 0 aliphatic rings. The molecule has 5 heteroatoms. The van der Waals surface area contributed by atoms with E-state index in [4.69, 9.17) is 14.2 Å². The fraction of sp³-hybridized carbons (Fsp3) is 0.950. The number of ether oxygens (including phenoxy) is 3. The summed E-state index contributed by atoms with van der Waals surface area (Å²) in [4.78, 5) is 11.7. The van der Waals surface area contributed by atoms with Crippen LogP contribution in [0.15, 0.2) is 0 Å². The molecule has 0 spiro atoms. The first-order valence-electron chi connectivity index (χ1n) is 9.64. The van der Waals surface area contributed by atoms with Crippen LogP contribution in [-0.2, 0) is 19.0 Å². The summed E-state index contributed by atoms with van der Waals surface area (Å²) in [6.45, 7) is 13.3. The van der Waals surface area contributed by atoms with E-state index in [-0.39, 0.29) is 17.6 Å². The topological polar surface area (TPSA) is 44.8 Å². The zero-order valence-electron chi connectivity index (χ0n) is 16.9. The van der Waals surface area contributed by atoms with E-state index in [1.807, 2.05) is 20.8 Å². The lowest BCUT2D eigenvalue weighted by molar-refractivity contribution is -0.126. The number of hydrogen-bond acceptors (Lipinski definition) is 4. The van der Waals surface area contributed by atoms with Gasteiger partial charge >= 0.3 is 0 Å². The predicted molar refractivity (Wildman–Crippen MR) is 99.7 cm³/mol. The third-order valence-corrected chi connectivity index (χ3v) is 3.91. The van der Waals surface area contributed by atoms with Crippen molar-refractivity contribution >= 4 is 5.78 Å². The van der Waals surface area contributed by atoms with Gasteiger partial charge in [-0.25, -0.2) is 4.39 Å². The summed E-state index contributed by atoms with van der Waals surface area (Å²) in [6.07, 6.45) is 2.21. The third-order valence-electron chi connectivity index (χ3n) is 3.91. The molecule has 0 rings (SSSR count). The van der Waals surface area contributed by atoms with E-state index in [1.165, 1.54) is 6.42 Å². The minimum absolute atomic E-state index is 0.107. The first-order valence-corrected chi connectivity index (χ1v) is 9.64. The highest BCUT2D eigenvalue weighted by Gasteiger charge is 2.21. The Morgan fingerprint density at radius 2 is 1.36 bits per heavy atom. The maximum absolute atomic E-state index is 13.7. The number of hydrogen-bond donors (Lipinski definition) is 0. The summed E-state index contributed by atoms with van der Waals surface area (Å²) >= 11 is 0. The predicted octanol–water partition coefficient (Wildman–Crippen LogP) is 4.60. The Labute approximate surface area is 153 Å². The monoisotopic (exact) mass is 362 g/mol. The quantitative estimate of drug-likeness (QED) is 0.377. The fourth-order valence-corrected chi connectivity index (χ4v) is 2.15. The Morgan fingerprint density at radius 3 is 1.88 bits per heavy atom. The van der Waals surface area contributed by atoms with Gasteiger partial charge in [-0.3, -0.25) is 4.79 Å². The third kappa shape index (κ3) is 16.7. The molecule has 0 aromatic heterocycles. The van der Waals surface area contributed by atoms with E-state index in [0.29, 0.717) is 45.9 Å². The Bertz CT molecular complexity index is 326. The van der Waals surface area contributed by atoms with Gasteiger partial charge in [0.25, 0.3) is 0 Å². The molecular weight excluding hydrogens is 323 g/mol. The molecular formula is C20H39FO4. The molecule has 1 unspecified atom stereocenters. The Kier molecular flexibility index (Phi) is 14.3. The largest absolute Gasteiger partial charge is 0.379 e. The smallest absolute Gasteiger partial charge is 0.138 e. The second-order valence-electron chi connectivity index (χ2n) is 7.97. The highest BCUT2D eigenvalue weighted by atomic mass is 19.1. The summed E-state index contributed by atoms with van der Waals surface area (Å²) in [5.74, 6) is 0.829. The average Bonchev–Trinajstić information content (AvgIpc) is 2.52. The van der Waals surface area contributed by atoms with Crippen molar-refractivity contribution in [3.05, 3.63) is 0 Å². The Balaban J connectivity index is 3.31. The van der Waals surface area contributed by atoms with Crippen molar-refractivity contribution in [1.82, 2.24) is 0 Å². The molecule has 0 aliphatic heterocycles. The van der Waals surface area contributed by atoms with Gasteiger partial charge in [0.2, 0.25) is 0 Å². The van der Waals surface area contributed by atoms with Crippen LogP contribution in [0.25, 0.3) is 0 Å². The first-order chi connectivity index (χ1) is 11.7. The van der Waals surface area contributed by atoms with Crippen molar-refractivity contribution in [2.75, 3.05) is 39.6 Å². The normalized spacial score (nSPS) is 13.4. The van der Waals surface area contributed by atoms with Crippen molar-refractivity contribution in [1.29, 1.82) is 0 Å².